The van der Waals surface area contributed by atoms with E-state index in [0.717, 1.165) is 37.0 Å². The van der Waals surface area contributed by atoms with Crippen molar-refractivity contribution in [1.82, 2.24) is 14.8 Å². The molecule has 0 N–H and O–H groups in total. The smallest absolute Gasteiger partial charge is 0.147 e. The molecule has 1 aliphatic rings. The highest BCUT2D eigenvalue weighted by atomic mass is 35.5. The molecule has 0 aromatic carbocycles. The lowest BCUT2D eigenvalue weighted by molar-refractivity contribution is 0.603. The van der Waals surface area contributed by atoms with Gasteiger partial charge in [-0.2, -0.15) is 0 Å². The first-order valence-corrected chi connectivity index (χ1v) is 5.85. The lowest BCUT2D eigenvalue weighted by Gasteiger charge is -2.06. The molecule has 0 aliphatic heterocycles. The molecule has 0 radical (unpaired) electrons. The van der Waals surface area contributed by atoms with Crippen LogP contribution in [0.2, 0.25) is 0 Å². The van der Waals surface area contributed by atoms with Gasteiger partial charge in [0.1, 0.15) is 11.6 Å². The molecule has 1 aliphatic carbocycles. The molecule has 2 rings (SSSR count). The summed E-state index contributed by atoms with van der Waals surface area (Å²) in [7, 11) is 0. The quantitative estimate of drug-likeness (QED) is 0.704. The summed E-state index contributed by atoms with van der Waals surface area (Å²) >= 11 is 5.81. The summed E-state index contributed by atoms with van der Waals surface area (Å²) in [5, 5.41) is 8.33. The first kappa shape index (κ1) is 9.97. The fourth-order valence-corrected chi connectivity index (χ4v) is 1.88. The summed E-state index contributed by atoms with van der Waals surface area (Å²) < 4.78 is 2.19. The average Bonchev–Trinajstić information content (AvgIpc) is 2.91. The van der Waals surface area contributed by atoms with E-state index in [0.29, 0.717) is 5.88 Å². The molecule has 0 spiro atoms. The van der Waals surface area contributed by atoms with Crippen molar-refractivity contribution in [2.24, 2.45) is 5.92 Å². The molecule has 1 aromatic heterocycles. The highest BCUT2D eigenvalue weighted by molar-refractivity contribution is 6.16. The Hall–Kier alpha value is -0.570. The number of rotatable bonds is 5. The molecular weight excluding hydrogens is 198 g/mol. The van der Waals surface area contributed by atoms with Crippen LogP contribution in [0.5, 0.6) is 0 Å². The summed E-state index contributed by atoms with van der Waals surface area (Å²) in [4.78, 5) is 0. The van der Waals surface area contributed by atoms with E-state index >= 15 is 0 Å². The molecule has 1 saturated carbocycles. The van der Waals surface area contributed by atoms with Gasteiger partial charge < -0.3 is 4.57 Å². The van der Waals surface area contributed by atoms with E-state index in [1.54, 1.807) is 0 Å². The molecule has 0 bridgehead atoms. The minimum absolute atomic E-state index is 0.470. The van der Waals surface area contributed by atoms with Gasteiger partial charge >= 0.3 is 0 Å². The molecule has 4 heteroatoms. The van der Waals surface area contributed by atoms with Crippen molar-refractivity contribution in [1.29, 1.82) is 0 Å². The van der Waals surface area contributed by atoms with E-state index in [-0.39, 0.29) is 0 Å². The standard InChI is InChI=1S/C10H16ClN3/c1-2-5-14-9(6-8-3-4-8)12-13-10(14)7-11/h8H,2-7H2,1H3. The van der Waals surface area contributed by atoms with Crippen molar-refractivity contribution in [2.45, 2.75) is 45.0 Å². The summed E-state index contributed by atoms with van der Waals surface area (Å²) in [5.41, 5.74) is 0. The average molecular weight is 214 g/mol. The van der Waals surface area contributed by atoms with Gasteiger partial charge in [-0.1, -0.05) is 6.92 Å². The van der Waals surface area contributed by atoms with Gasteiger partial charge in [-0.05, 0) is 25.2 Å². The summed E-state index contributed by atoms with van der Waals surface area (Å²) in [6.07, 6.45) is 4.91. The van der Waals surface area contributed by atoms with Gasteiger partial charge in [0.2, 0.25) is 0 Å². The molecule has 3 nitrogen and oxygen atoms in total. The number of aromatic nitrogens is 3. The monoisotopic (exact) mass is 213 g/mol. The van der Waals surface area contributed by atoms with Crippen molar-refractivity contribution >= 4 is 11.6 Å². The largest absolute Gasteiger partial charge is 0.314 e. The van der Waals surface area contributed by atoms with E-state index in [4.69, 9.17) is 11.6 Å². The third kappa shape index (κ3) is 2.08. The topological polar surface area (TPSA) is 30.7 Å². The molecule has 78 valence electrons. The fraction of sp³-hybridized carbons (Fsp3) is 0.800. The Balaban J connectivity index is 2.14. The Morgan fingerprint density at radius 1 is 1.36 bits per heavy atom. The summed E-state index contributed by atoms with van der Waals surface area (Å²) in [5.74, 6) is 3.38. The number of hydrogen-bond donors (Lipinski definition) is 0. The van der Waals surface area contributed by atoms with Gasteiger partial charge in [-0.15, -0.1) is 21.8 Å². The Bertz CT molecular complexity index is 304. The molecule has 0 unspecified atom stereocenters. The van der Waals surface area contributed by atoms with Crippen LogP contribution in [0.3, 0.4) is 0 Å². The van der Waals surface area contributed by atoms with Crippen molar-refractivity contribution in [2.75, 3.05) is 0 Å². The zero-order valence-corrected chi connectivity index (χ0v) is 9.30. The van der Waals surface area contributed by atoms with Crippen LogP contribution in [0.15, 0.2) is 0 Å². The SMILES string of the molecule is CCCn1c(CCl)nnc1CC1CC1. The van der Waals surface area contributed by atoms with Gasteiger partial charge in [-0.25, -0.2) is 0 Å². The Labute approximate surface area is 89.5 Å². The fourth-order valence-electron chi connectivity index (χ4n) is 1.68. The highest BCUT2D eigenvalue weighted by Crippen LogP contribution is 2.32. The maximum atomic E-state index is 5.81. The van der Waals surface area contributed by atoms with E-state index in [9.17, 15) is 0 Å². The van der Waals surface area contributed by atoms with Crippen LogP contribution in [0.1, 0.15) is 37.8 Å². The summed E-state index contributed by atoms with van der Waals surface area (Å²) in [6.45, 7) is 3.16. The van der Waals surface area contributed by atoms with Gasteiger partial charge in [0.05, 0.1) is 5.88 Å². The minimum Gasteiger partial charge on any atom is -0.314 e. The Morgan fingerprint density at radius 2 is 2.07 bits per heavy atom. The second-order valence-corrected chi connectivity index (χ2v) is 4.23. The van der Waals surface area contributed by atoms with Crippen molar-refractivity contribution in [3.8, 4) is 0 Å². The third-order valence-corrected chi connectivity index (χ3v) is 2.88. The van der Waals surface area contributed by atoms with Gasteiger partial charge in [0.25, 0.3) is 0 Å². The molecular formula is C10H16ClN3. The van der Waals surface area contributed by atoms with E-state index in [2.05, 4.69) is 21.7 Å². The van der Waals surface area contributed by atoms with E-state index in [1.165, 1.54) is 12.8 Å². The Morgan fingerprint density at radius 3 is 2.64 bits per heavy atom. The van der Waals surface area contributed by atoms with E-state index < -0.39 is 0 Å². The minimum atomic E-state index is 0.470. The highest BCUT2D eigenvalue weighted by Gasteiger charge is 2.24. The van der Waals surface area contributed by atoms with Crippen LogP contribution in [-0.2, 0) is 18.8 Å². The molecule has 0 saturated heterocycles. The lowest BCUT2D eigenvalue weighted by Crippen LogP contribution is -2.07. The number of hydrogen-bond acceptors (Lipinski definition) is 2. The predicted molar refractivity (Wildman–Crippen MR) is 56.3 cm³/mol. The van der Waals surface area contributed by atoms with Crippen molar-refractivity contribution in [3.05, 3.63) is 11.6 Å². The van der Waals surface area contributed by atoms with Crippen LogP contribution in [0.25, 0.3) is 0 Å². The predicted octanol–water partition coefficient (Wildman–Crippen LogP) is 2.38. The second kappa shape index (κ2) is 4.30. The van der Waals surface area contributed by atoms with Gasteiger partial charge in [0, 0.05) is 13.0 Å². The van der Waals surface area contributed by atoms with Crippen LogP contribution in [0.4, 0.5) is 0 Å². The first-order chi connectivity index (χ1) is 6.85. The van der Waals surface area contributed by atoms with Crippen LogP contribution in [-0.4, -0.2) is 14.8 Å². The molecule has 1 aromatic rings. The molecule has 1 heterocycles. The van der Waals surface area contributed by atoms with Gasteiger partial charge in [0.15, 0.2) is 0 Å². The molecule has 14 heavy (non-hydrogen) atoms. The molecule has 0 amide bonds. The number of nitrogens with zero attached hydrogens (tertiary/aromatic N) is 3. The van der Waals surface area contributed by atoms with Crippen LogP contribution in [0, 0.1) is 5.92 Å². The summed E-state index contributed by atoms with van der Waals surface area (Å²) in [6, 6.07) is 0. The Kier molecular flexibility index (Phi) is 3.06. The molecule has 1 fully saturated rings. The lowest BCUT2D eigenvalue weighted by atomic mass is 10.3. The third-order valence-electron chi connectivity index (χ3n) is 2.64. The maximum absolute atomic E-state index is 5.81. The second-order valence-electron chi connectivity index (χ2n) is 3.97. The maximum Gasteiger partial charge on any atom is 0.147 e. The number of alkyl halides is 1. The van der Waals surface area contributed by atoms with Crippen molar-refractivity contribution in [3.63, 3.8) is 0 Å². The van der Waals surface area contributed by atoms with E-state index in [1.807, 2.05) is 0 Å². The van der Waals surface area contributed by atoms with Crippen molar-refractivity contribution < 1.29 is 0 Å². The normalized spacial score (nSPS) is 16.1. The van der Waals surface area contributed by atoms with Crippen LogP contribution < -0.4 is 0 Å². The number of halogens is 1. The first-order valence-electron chi connectivity index (χ1n) is 5.32. The van der Waals surface area contributed by atoms with Gasteiger partial charge in [-0.3, -0.25) is 0 Å². The molecule has 0 atom stereocenters. The van der Waals surface area contributed by atoms with Crippen LogP contribution >= 0.6 is 11.6 Å². The zero-order chi connectivity index (χ0) is 9.97. The zero-order valence-electron chi connectivity index (χ0n) is 8.54.